The minimum absolute atomic E-state index is 0.0701. The van der Waals surface area contributed by atoms with Gasteiger partial charge in [-0.15, -0.1) is 0 Å². The number of ether oxygens (including phenoxy) is 3. The number of unbranched alkanes of at least 4 members (excludes halogenated alkanes) is 1. The van der Waals surface area contributed by atoms with Gasteiger partial charge in [-0.3, -0.25) is 14.5 Å². The van der Waals surface area contributed by atoms with Gasteiger partial charge in [-0.2, -0.15) is 11.0 Å². The fourth-order valence-electron chi connectivity index (χ4n) is 1.82. The van der Waals surface area contributed by atoms with Crippen LogP contribution in [0.2, 0.25) is 0 Å². The fraction of sp³-hybridized carbons (Fsp3) is 0.765. The molecule has 0 radical (unpaired) electrons. The Morgan fingerprint density at radius 2 is 1.55 bits per heavy atom. The van der Waals surface area contributed by atoms with Crippen LogP contribution >= 0.6 is 0 Å². The van der Waals surface area contributed by atoms with Gasteiger partial charge in [-0.1, -0.05) is 0 Å². The van der Waals surface area contributed by atoms with Crippen LogP contribution in [0.25, 0.3) is 0 Å². The molecule has 0 rings (SSSR count). The van der Waals surface area contributed by atoms with Crippen LogP contribution in [0, 0.1) is 0 Å². The molecule has 0 heterocycles. The number of hydroxylamine groups is 2. The summed E-state index contributed by atoms with van der Waals surface area (Å²) in [6.07, 6.45) is -0.198. The zero-order valence-corrected chi connectivity index (χ0v) is 17.7. The van der Waals surface area contributed by atoms with Gasteiger partial charge in [0.1, 0.15) is 19.5 Å². The lowest BCUT2D eigenvalue weighted by atomic mass is 10.3. The van der Waals surface area contributed by atoms with E-state index in [0.717, 1.165) is 6.29 Å². The molecule has 0 aromatic heterocycles. The first kappa shape index (κ1) is 28.5. The minimum Gasteiger partial charge on any atom is -0.445 e. The van der Waals surface area contributed by atoms with Gasteiger partial charge in [-0.05, 0) is 12.8 Å². The van der Waals surface area contributed by atoms with E-state index in [4.69, 9.17) is 24.0 Å². The van der Waals surface area contributed by atoms with Crippen molar-refractivity contribution in [1.82, 2.24) is 16.3 Å². The highest BCUT2D eigenvalue weighted by atomic mass is 17.2. The van der Waals surface area contributed by atoms with Gasteiger partial charge < -0.3 is 24.3 Å². The van der Waals surface area contributed by atoms with Crippen LogP contribution in [0.3, 0.4) is 0 Å². The normalized spacial score (nSPS) is 10.4. The average Bonchev–Trinajstić information content (AvgIpc) is 2.74. The number of amides is 3. The number of hydrogen-bond acceptors (Lipinski definition) is 11. The van der Waals surface area contributed by atoms with Crippen molar-refractivity contribution in [3.63, 3.8) is 0 Å². The molecule has 0 saturated carbocycles. The molecule has 0 aliphatic heterocycles. The van der Waals surface area contributed by atoms with Crippen molar-refractivity contribution in [2.24, 2.45) is 0 Å². The molecule has 0 aromatic carbocycles. The third-order valence-electron chi connectivity index (χ3n) is 3.19. The summed E-state index contributed by atoms with van der Waals surface area (Å²) in [6, 6.07) is 0. The lowest BCUT2D eigenvalue weighted by molar-refractivity contribution is -0.333. The largest absolute Gasteiger partial charge is 0.445 e. The smallest absolute Gasteiger partial charge is 0.431 e. The molecule has 31 heavy (non-hydrogen) atoms. The lowest BCUT2D eigenvalue weighted by Crippen LogP contribution is -2.34. The van der Waals surface area contributed by atoms with Gasteiger partial charge in [0.2, 0.25) is 5.91 Å². The maximum atomic E-state index is 11.7. The molecule has 3 amide bonds. The molecule has 0 fully saturated rings. The zero-order chi connectivity index (χ0) is 23.2. The number of nitrogens with one attached hydrogen (secondary N) is 3. The number of rotatable bonds is 19. The molecular weight excluding hydrogens is 422 g/mol. The van der Waals surface area contributed by atoms with Crippen LogP contribution in [0.4, 0.5) is 9.59 Å². The quantitative estimate of drug-likeness (QED) is 0.102. The van der Waals surface area contributed by atoms with Gasteiger partial charge >= 0.3 is 12.2 Å². The Morgan fingerprint density at radius 1 is 0.903 bits per heavy atom. The summed E-state index contributed by atoms with van der Waals surface area (Å²) in [5.41, 5.74) is 3.89. The van der Waals surface area contributed by atoms with Crippen molar-refractivity contribution in [1.29, 1.82) is 0 Å². The van der Waals surface area contributed by atoms with Crippen molar-refractivity contribution in [2.45, 2.75) is 31.8 Å². The summed E-state index contributed by atoms with van der Waals surface area (Å²) in [7, 11) is 2.46. The lowest BCUT2D eigenvalue weighted by Gasteiger charge is -2.16. The van der Waals surface area contributed by atoms with Crippen molar-refractivity contribution in [3.05, 3.63) is 0 Å². The van der Waals surface area contributed by atoms with Gasteiger partial charge in [0.15, 0.2) is 6.10 Å². The standard InChI is InChI=1S/C17H31N3O11/c1-25-19-16(23)28-12-14(13-29-17(24)20-26-2)31-30-10-5-6-15(22)18-7-11-27-9-4-3-8-21/h8,14H,3-7,9-13H2,1-2H3,(H,18,22)(H,19,23)(H,20,24). The van der Waals surface area contributed by atoms with Crippen LogP contribution in [0.5, 0.6) is 0 Å². The summed E-state index contributed by atoms with van der Waals surface area (Å²) in [5, 5.41) is 2.68. The summed E-state index contributed by atoms with van der Waals surface area (Å²) in [6.45, 7) is 0.654. The van der Waals surface area contributed by atoms with E-state index < -0.39 is 18.3 Å². The highest BCUT2D eigenvalue weighted by molar-refractivity contribution is 5.75. The van der Waals surface area contributed by atoms with E-state index in [0.29, 0.717) is 39.0 Å². The highest BCUT2D eigenvalue weighted by Gasteiger charge is 2.17. The topological polar surface area (TPSA) is 169 Å². The van der Waals surface area contributed by atoms with Gasteiger partial charge in [0.05, 0.1) is 27.4 Å². The predicted octanol–water partition coefficient (Wildman–Crippen LogP) is -0.229. The molecule has 0 saturated heterocycles. The van der Waals surface area contributed by atoms with Crippen molar-refractivity contribution >= 4 is 24.4 Å². The highest BCUT2D eigenvalue weighted by Crippen LogP contribution is 2.00. The van der Waals surface area contributed by atoms with Crippen LogP contribution < -0.4 is 16.3 Å². The van der Waals surface area contributed by atoms with Crippen LogP contribution in [-0.4, -0.2) is 84.3 Å². The number of hydrogen-bond donors (Lipinski definition) is 3. The second kappa shape index (κ2) is 20.7. The summed E-state index contributed by atoms with van der Waals surface area (Å²) in [4.78, 5) is 63.2. The minimum atomic E-state index is -0.935. The monoisotopic (exact) mass is 453 g/mol. The molecular formula is C17H31N3O11. The van der Waals surface area contributed by atoms with E-state index in [9.17, 15) is 19.2 Å². The van der Waals surface area contributed by atoms with E-state index in [1.165, 1.54) is 14.2 Å². The van der Waals surface area contributed by atoms with Crippen molar-refractivity contribution in [2.75, 3.05) is 53.8 Å². The Labute approximate surface area is 180 Å². The van der Waals surface area contributed by atoms with E-state index in [1.807, 2.05) is 11.0 Å². The second-order valence-electron chi connectivity index (χ2n) is 5.72. The SMILES string of the molecule is CONC(=O)OCC(COC(=O)NOC)OOCCCC(=O)NCCOCCCC=O. The molecule has 0 aliphatic carbocycles. The Bertz CT molecular complexity index is 486. The average molecular weight is 453 g/mol. The summed E-state index contributed by atoms with van der Waals surface area (Å²) in [5.74, 6) is -0.184. The second-order valence-corrected chi connectivity index (χ2v) is 5.72. The molecule has 0 bridgehead atoms. The number of aldehydes is 1. The first-order valence-electron chi connectivity index (χ1n) is 9.51. The Hall–Kier alpha value is -2.52. The van der Waals surface area contributed by atoms with Crippen LogP contribution in [0.15, 0.2) is 0 Å². The Kier molecular flexibility index (Phi) is 19.1. The van der Waals surface area contributed by atoms with Crippen molar-refractivity contribution in [3.8, 4) is 0 Å². The first-order valence-corrected chi connectivity index (χ1v) is 9.51. The third-order valence-corrected chi connectivity index (χ3v) is 3.19. The number of carbonyl (C=O) groups excluding carboxylic acids is 4. The van der Waals surface area contributed by atoms with Gasteiger partial charge in [0.25, 0.3) is 0 Å². The van der Waals surface area contributed by atoms with E-state index >= 15 is 0 Å². The van der Waals surface area contributed by atoms with E-state index in [1.54, 1.807) is 0 Å². The molecule has 180 valence electrons. The Balaban J connectivity index is 3.96. The molecule has 0 aliphatic rings. The van der Waals surface area contributed by atoms with Crippen LogP contribution in [0.1, 0.15) is 25.7 Å². The third kappa shape index (κ3) is 19.2. The van der Waals surface area contributed by atoms with Crippen LogP contribution in [-0.2, 0) is 43.2 Å². The maximum Gasteiger partial charge on any atom is 0.431 e. The van der Waals surface area contributed by atoms with Crippen molar-refractivity contribution < 1.29 is 52.8 Å². The summed E-state index contributed by atoms with van der Waals surface area (Å²) < 4.78 is 14.9. The molecule has 3 N–H and O–H groups in total. The van der Waals surface area contributed by atoms with Gasteiger partial charge in [0, 0.05) is 26.0 Å². The molecule has 0 spiro atoms. The molecule has 0 aromatic rings. The van der Waals surface area contributed by atoms with Gasteiger partial charge in [-0.25, -0.2) is 19.4 Å². The molecule has 14 nitrogen and oxygen atoms in total. The molecule has 0 atom stereocenters. The number of carbonyl (C=O) groups is 4. The fourth-order valence-corrected chi connectivity index (χ4v) is 1.82. The molecule has 0 unspecified atom stereocenters. The Morgan fingerprint density at radius 3 is 2.13 bits per heavy atom. The predicted molar refractivity (Wildman–Crippen MR) is 102 cm³/mol. The maximum absolute atomic E-state index is 11.7. The molecule has 14 heteroatoms. The van der Waals surface area contributed by atoms with E-state index in [-0.39, 0.29) is 32.1 Å². The first-order chi connectivity index (χ1) is 15.0. The summed E-state index contributed by atoms with van der Waals surface area (Å²) >= 11 is 0. The zero-order valence-electron chi connectivity index (χ0n) is 17.7. The van der Waals surface area contributed by atoms with E-state index in [2.05, 4.69) is 15.0 Å².